The first-order chi connectivity index (χ1) is 16.8. The summed E-state index contributed by atoms with van der Waals surface area (Å²) in [6.45, 7) is 2.13. The van der Waals surface area contributed by atoms with Crippen LogP contribution in [0.1, 0.15) is 15.9 Å². The van der Waals surface area contributed by atoms with Crippen LogP contribution in [0, 0.1) is 0 Å². The van der Waals surface area contributed by atoms with Crippen LogP contribution in [0.15, 0.2) is 54.9 Å². The van der Waals surface area contributed by atoms with E-state index in [9.17, 15) is 18.0 Å². The summed E-state index contributed by atoms with van der Waals surface area (Å²) in [5.74, 6) is 2.06. The van der Waals surface area contributed by atoms with Crippen molar-refractivity contribution in [3.05, 3.63) is 66.0 Å². The Balaban J connectivity index is 1.38. The van der Waals surface area contributed by atoms with Crippen LogP contribution in [0.4, 0.5) is 30.5 Å². The van der Waals surface area contributed by atoms with Gasteiger partial charge in [-0.25, -0.2) is 9.97 Å². The van der Waals surface area contributed by atoms with Crippen molar-refractivity contribution in [1.29, 1.82) is 0 Å². The molecule has 8 nitrogen and oxygen atoms in total. The van der Waals surface area contributed by atoms with Crippen molar-refractivity contribution in [2.75, 3.05) is 50.6 Å². The van der Waals surface area contributed by atoms with Crippen molar-refractivity contribution >= 4 is 23.2 Å². The van der Waals surface area contributed by atoms with E-state index in [1.807, 2.05) is 4.90 Å². The number of piperazine rings is 1. The van der Waals surface area contributed by atoms with E-state index in [-0.39, 0.29) is 5.91 Å². The van der Waals surface area contributed by atoms with Gasteiger partial charge in [0.05, 0.1) is 19.8 Å². The number of nitrogens with one attached hydrogen (secondary N) is 1. The highest BCUT2D eigenvalue weighted by Gasteiger charge is 2.30. The molecule has 0 aliphatic carbocycles. The molecule has 0 spiro atoms. The zero-order chi connectivity index (χ0) is 25.0. The molecule has 0 atom stereocenters. The standard InChI is InChI=1S/C24H24F3N5O3/c1-34-19-8-3-16(13-20(19)35-2)23(33)32-11-9-31(10-12-32)22-14-21(28-15-29-22)30-18-6-4-17(5-7-18)24(25,26)27/h3-8,13-15H,9-12H2,1-2H3,(H,28,29,30). The van der Waals surface area contributed by atoms with Crippen LogP contribution >= 0.6 is 0 Å². The summed E-state index contributed by atoms with van der Waals surface area (Å²) in [5, 5.41) is 3.00. The molecule has 2 aromatic carbocycles. The van der Waals surface area contributed by atoms with Gasteiger partial charge in [-0.1, -0.05) is 0 Å². The van der Waals surface area contributed by atoms with Crippen LogP contribution in [-0.2, 0) is 6.18 Å². The number of hydrogen-bond acceptors (Lipinski definition) is 7. The number of halogens is 3. The molecule has 1 aliphatic rings. The van der Waals surface area contributed by atoms with E-state index in [0.717, 1.165) is 12.1 Å². The third-order valence-corrected chi connectivity index (χ3v) is 5.66. The van der Waals surface area contributed by atoms with E-state index in [0.29, 0.717) is 60.6 Å². The summed E-state index contributed by atoms with van der Waals surface area (Å²) in [4.78, 5) is 25.2. The molecule has 0 bridgehead atoms. The van der Waals surface area contributed by atoms with Crippen molar-refractivity contribution in [3.63, 3.8) is 0 Å². The number of anilines is 3. The predicted molar refractivity (Wildman–Crippen MR) is 124 cm³/mol. The van der Waals surface area contributed by atoms with Gasteiger partial charge in [0.1, 0.15) is 18.0 Å². The SMILES string of the molecule is COc1ccc(C(=O)N2CCN(c3cc(Nc4ccc(C(F)(F)F)cc4)ncn3)CC2)cc1OC. The fraction of sp³-hybridized carbons (Fsp3) is 0.292. The predicted octanol–water partition coefficient (Wildman–Crippen LogP) is 4.22. The molecule has 1 aliphatic heterocycles. The van der Waals surface area contributed by atoms with Gasteiger partial charge in [-0.15, -0.1) is 0 Å². The van der Waals surface area contributed by atoms with Crippen LogP contribution < -0.4 is 19.7 Å². The van der Waals surface area contributed by atoms with E-state index >= 15 is 0 Å². The Kier molecular flexibility index (Phi) is 6.94. The molecule has 3 aromatic rings. The fourth-order valence-electron chi connectivity index (χ4n) is 3.77. The molecule has 184 valence electrons. The van der Waals surface area contributed by atoms with Crippen LogP contribution in [0.25, 0.3) is 0 Å². The topological polar surface area (TPSA) is 79.8 Å². The maximum Gasteiger partial charge on any atom is 0.416 e. The molecule has 1 amide bonds. The molecule has 1 saturated heterocycles. The van der Waals surface area contributed by atoms with Gasteiger partial charge < -0.3 is 24.6 Å². The van der Waals surface area contributed by atoms with E-state index < -0.39 is 11.7 Å². The quantitative estimate of drug-likeness (QED) is 0.558. The highest BCUT2D eigenvalue weighted by Crippen LogP contribution is 2.31. The number of ether oxygens (including phenoxy) is 2. The Morgan fingerprint density at radius 1 is 0.914 bits per heavy atom. The smallest absolute Gasteiger partial charge is 0.416 e. The summed E-state index contributed by atoms with van der Waals surface area (Å²) < 4.78 is 48.8. The van der Waals surface area contributed by atoms with E-state index in [1.54, 1.807) is 29.2 Å². The summed E-state index contributed by atoms with van der Waals surface area (Å²) in [6, 6.07) is 11.5. The molecule has 2 heterocycles. The lowest BCUT2D eigenvalue weighted by Gasteiger charge is -2.35. The second kappa shape index (κ2) is 10.1. The van der Waals surface area contributed by atoms with Gasteiger partial charge in [0.15, 0.2) is 11.5 Å². The van der Waals surface area contributed by atoms with Gasteiger partial charge in [0.2, 0.25) is 0 Å². The Morgan fingerprint density at radius 2 is 1.60 bits per heavy atom. The number of rotatable bonds is 6. The normalized spacial score (nSPS) is 14.0. The lowest BCUT2D eigenvalue weighted by Crippen LogP contribution is -2.49. The van der Waals surface area contributed by atoms with Crippen LogP contribution in [0.2, 0.25) is 0 Å². The molecule has 0 unspecified atom stereocenters. The van der Waals surface area contributed by atoms with Crippen molar-refractivity contribution in [2.45, 2.75) is 6.18 Å². The van der Waals surface area contributed by atoms with Crippen molar-refractivity contribution < 1.29 is 27.4 Å². The minimum absolute atomic E-state index is 0.0991. The molecule has 0 radical (unpaired) electrons. The maximum atomic E-state index is 13.0. The number of hydrogen-bond donors (Lipinski definition) is 1. The van der Waals surface area contributed by atoms with Crippen LogP contribution in [0.5, 0.6) is 11.5 Å². The largest absolute Gasteiger partial charge is 0.493 e. The summed E-state index contributed by atoms with van der Waals surface area (Å²) in [6.07, 6.45) is -2.99. The highest BCUT2D eigenvalue weighted by molar-refractivity contribution is 5.95. The van der Waals surface area contributed by atoms with Crippen LogP contribution in [-0.4, -0.2) is 61.2 Å². The molecule has 4 rings (SSSR count). The summed E-state index contributed by atoms with van der Waals surface area (Å²) in [5.41, 5.74) is 0.279. The molecule has 1 aromatic heterocycles. The minimum atomic E-state index is -4.39. The molecule has 1 N–H and O–H groups in total. The van der Waals surface area contributed by atoms with Crippen molar-refractivity contribution in [3.8, 4) is 11.5 Å². The molecule has 11 heteroatoms. The second-order valence-electron chi connectivity index (χ2n) is 7.81. The Morgan fingerprint density at radius 3 is 2.23 bits per heavy atom. The van der Waals surface area contributed by atoms with Gasteiger partial charge in [-0.2, -0.15) is 13.2 Å². The zero-order valence-corrected chi connectivity index (χ0v) is 19.2. The van der Waals surface area contributed by atoms with Gasteiger partial charge in [0, 0.05) is 43.5 Å². The van der Waals surface area contributed by atoms with Gasteiger partial charge in [-0.3, -0.25) is 4.79 Å². The van der Waals surface area contributed by atoms with Gasteiger partial charge in [0.25, 0.3) is 5.91 Å². The molecule has 0 saturated carbocycles. The first kappa shape index (κ1) is 24.1. The Hall–Kier alpha value is -4.02. The van der Waals surface area contributed by atoms with E-state index in [2.05, 4.69) is 15.3 Å². The van der Waals surface area contributed by atoms with E-state index in [4.69, 9.17) is 9.47 Å². The molecular formula is C24H24F3N5O3. The number of benzene rings is 2. The average molecular weight is 487 g/mol. The Labute approximate surface area is 200 Å². The van der Waals surface area contributed by atoms with Crippen LogP contribution in [0.3, 0.4) is 0 Å². The van der Waals surface area contributed by atoms with E-state index in [1.165, 1.54) is 32.7 Å². The third kappa shape index (κ3) is 5.56. The van der Waals surface area contributed by atoms with Gasteiger partial charge in [-0.05, 0) is 42.5 Å². The number of aromatic nitrogens is 2. The molecule has 35 heavy (non-hydrogen) atoms. The number of carbonyl (C=O) groups excluding carboxylic acids is 1. The zero-order valence-electron chi connectivity index (χ0n) is 19.2. The number of methoxy groups -OCH3 is 2. The lowest BCUT2D eigenvalue weighted by molar-refractivity contribution is -0.137. The fourth-order valence-corrected chi connectivity index (χ4v) is 3.77. The number of nitrogens with zero attached hydrogens (tertiary/aromatic N) is 4. The summed E-state index contributed by atoms with van der Waals surface area (Å²) in [7, 11) is 3.06. The molecule has 1 fully saturated rings. The highest BCUT2D eigenvalue weighted by atomic mass is 19.4. The third-order valence-electron chi connectivity index (χ3n) is 5.66. The average Bonchev–Trinajstić information content (AvgIpc) is 2.88. The van der Waals surface area contributed by atoms with Crippen molar-refractivity contribution in [2.24, 2.45) is 0 Å². The first-order valence-corrected chi connectivity index (χ1v) is 10.8. The second-order valence-corrected chi connectivity index (χ2v) is 7.81. The Bertz CT molecular complexity index is 1180. The monoisotopic (exact) mass is 487 g/mol. The number of carbonyl (C=O) groups is 1. The first-order valence-electron chi connectivity index (χ1n) is 10.8. The minimum Gasteiger partial charge on any atom is -0.493 e. The number of amides is 1. The lowest BCUT2D eigenvalue weighted by atomic mass is 10.1. The van der Waals surface area contributed by atoms with Crippen molar-refractivity contribution in [1.82, 2.24) is 14.9 Å². The number of alkyl halides is 3. The maximum absolute atomic E-state index is 13.0. The molecular weight excluding hydrogens is 463 g/mol. The van der Waals surface area contributed by atoms with Gasteiger partial charge >= 0.3 is 6.18 Å². The summed E-state index contributed by atoms with van der Waals surface area (Å²) >= 11 is 0.